The summed E-state index contributed by atoms with van der Waals surface area (Å²) in [4.78, 5) is 19.7. The summed E-state index contributed by atoms with van der Waals surface area (Å²) in [7, 11) is 0. The van der Waals surface area contributed by atoms with Crippen molar-refractivity contribution in [3.8, 4) is 5.75 Å². The molecule has 4 rings (SSSR count). The molecule has 30 heavy (non-hydrogen) atoms. The highest BCUT2D eigenvalue weighted by Crippen LogP contribution is 2.31. The van der Waals surface area contributed by atoms with E-state index in [9.17, 15) is 9.90 Å². The predicted octanol–water partition coefficient (Wildman–Crippen LogP) is 5.33. The Morgan fingerprint density at radius 2 is 1.87 bits per heavy atom. The molecule has 0 radical (unpaired) electrons. The van der Waals surface area contributed by atoms with Crippen molar-refractivity contribution in [3.63, 3.8) is 0 Å². The number of aromatic hydroxyl groups is 1. The maximum Gasteiger partial charge on any atom is 0.227 e. The Labute approximate surface area is 182 Å². The number of hydrogen-bond acceptors (Lipinski definition) is 3. The van der Waals surface area contributed by atoms with Gasteiger partial charge >= 0.3 is 0 Å². The van der Waals surface area contributed by atoms with Crippen LogP contribution in [-0.2, 0) is 17.6 Å². The maximum atomic E-state index is 13.0. The Kier molecular flexibility index (Phi) is 6.34. The molecular weight excluding hydrogens is 396 g/mol. The predicted molar refractivity (Wildman–Crippen MR) is 119 cm³/mol. The van der Waals surface area contributed by atoms with Gasteiger partial charge in [0.05, 0.1) is 12.5 Å². The molecule has 1 aliphatic rings. The molecule has 2 aromatic carbocycles. The third kappa shape index (κ3) is 4.82. The lowest BCUT2D eigenvalue weighted by Crippen LogP contribution is -2.39. The number of phenolic OH excluding ortho intramolecular Hbond substituents is 1. The number of aromatic nitrogens is 1. The summed E-state index contributed by atoms with van der Waals surface area (Å²) >= 11 is 6.27. The average Bonchev–Trinajstić information content (AvgIpc) is 2.77. The molecule has 2 heterocycles. The summed E-state index contributed by atoms with van der Waals surface area (Å²) in [5.74, 6) is 0.329. The van der Waals surface area contributed by atoms with Crippen LogP contribution in [0.4, 0.5) is 0 Å². The fourth-order valence-electron chi connectivity index (χ4n) is 4.04. The van der Waals surface area contributed by atoms with E-state index >= 15 is 0 Å². The molecule has 3 aromatic rings. The van der Waals surface area contributed by atoms with Crippen LogP contribution in [0.5, 0.6) is 5.75 Å². The molecule has 1 saturated heterocycles. The van der Waals surface area contributed by atoms with Crippen LogP contribution >= 0.6 is 11.6 Å². The molecule has 1 aliphatic heterocycles. The zero-order chi connectivity index (χ0) is 20.9. The van der Waals surface area contributed by atoms with E-state index in [0.717, 1.165) is 53.2 Å². The van der Waals surface area contributed by atoms with Gasteiger partial charge in [0, 0.05) is 29.9 Å². The number of piperidine rings is 1. The van der Waals surface area contributed by atoms with Crippen LogP contribution in [0.15, 0.2) is 66.9 Å². The molecule has 1 amide bonds. The zero-order valence-corrected chi connectivity index (χ0v) is 17.6. The van der Waals surface area contributed by atoms with Gasteiger partial charge in [-0.25, -0.2) is 0 Å². The number of hydrogen-bond donors (Lipinski definition) is 1. The van der Waals surface area contributed by atoms with Crippen molar-refractivity contribution >= 4 is 17.5 Å². The molecule has 154 valence electrons. The van der Waals surface area contributed by atoms with Gasteiger partial charge in [0.2, 0.25) is 5.91 Å². The fourth-order valence-corrected chi connectivity index (χ4v) is 4.24. The first-order valence-corrected chi connectivity index (χ1v) is 10.7. The molecule has 1 N–H and O–H groups in total. The summed E-state index contributed by atoms with van der Waals surface area (Å²) in [5.41, 5.74) is 4.01. The molecule has 1 aromatic heterocycles. The SMILES string of the molecule is O=C(Cc1ccc(O)cc1)N1CCCC[C@@H]1c1ccc(Cc2ccccc2Cl)nc1. The Morgan fingerprint density at radius 1 is 1.07 bits per heavy atom. The molecule has 5 heteroatoms. The van der Waals surface area contributed by atoms with Crippen LogP contribution in [0, 0.1) is 0 Å². The first kappa shape index (κ1) is 20.4. The van der Waals surface area contributed by atoms with Crippen LogP contribution < -0.4 is 0 Å². The topological polar surface area (TPSA) is 53.4 Å². The first-order valence-electron chi connectivity index (χ1n) is 10.4. The number of halogens is 1. The number of carbonyl (C=O) groups excluding carboxylic acids is 1. The van der Waals surface area contributed by atoms with Gasteiger partial charge in [-0.3, -0.25) is 9.78 Å². The van der Waals surface area contributed by atoms with Crippen molar-refractivity contribution in [2.24, 2.45) is 0 Å². The number of pyridine rings is 1. The molecule has 0 spiro atoms. The van der Waals surface area contributed by atoms with Gasteiger partial charge in [0.25, 0.3) is 0 Å². The number of nitrogens with zero attached hydrogens (tertiary/aromatic N) is 2. The van der Waals surface area contributed by atoms with Crippen LogP contribution in [0.1, 0.15) is 47.7 Å². The first-order chi connectivity index (χ1) is 14.6. The molecule has 0 unspecified atom stereocenters. The van der Waals surface area contributed by atoms with Crippen LogP contribution in [0.2, 0.25) is 5.02 Å². The number of likely N-dealkylation sites (tertiary alicyclic amines) is 1. The number of carbonyl (C=O) groups is 1. The van der Waals surface area contributed by atoms with E-state index in [1.165, 1.54) is 0 Å². The summed E-state index contributed by atoms with van der Waals surface area (Å²) in [6.45, 7) is 0.767. The molecule has 0 bridgehead atoms. The van der Waals surface area contributed by atoms with E-state index < -0.39 is 0 Å². The van der Waals surface area contributed by atoms with E-state index in [1.54, 1.807) is 24.3 Å². The second-order valence-electron chi connectivity index (χ2n) is 7.79. The molecule has 1 atom stereocenters. The number of phenols is 1. The van der Waals surface area contributed by atoms with Crippen molar-refractivity contribution in [2.45, 2.75) is 38.1 Å². The molecule has 4 nitrogen and oxygen atoms in total. The van der Waals surface area contributed by atoms with Gasteiger partial charge in [-0.1, -0.05) is 48.0 Å². The van der Waals surface area contributed by atoms with E-state index in [4.69, 9.17) is 11.6 Å². The molecular formula is C25H25ClN2O2. The minimum absolute atomic E-state index is 0.0604. The normalized spacial score (nSPS) is 16.4. The lowest BCUT2D eigenvalue weighted by molar-refractivity contribution is -0.134. The van der Waals surface area contributed by atoms with Gasteiger partial charge < -0.3 is 10.0 Å². The second kappa shape index (κ2) is 9.31. The smallest absolute Gasteiger partial charge is 0.227 e. The average molecular weight is 421 g/mol. The number of amides is 1. The van der Waals surface area contributed by atoms with Crippen molar-refractivity contribution in [1.82, 2.24) is 9.88 Å². The van der Waals surface area contributed by atoms with Crippen molar-refractivity contribution in [1.29, 1.82) is 0 Å². The highest BCUT2D eigenvalue weighted by Gasteiger charge is 2.28. The van der Waals surface area contributed by atoms with Crippen molar-refractivity contribution < 1.29 is 9.90 Å². The minimum Gasteiger partial charge on any atom is -0.508 e. The van der Waals surface area contributed by atoms with Crippen molar-refractivity contribution in [3.05, 3.63) is 94.3 Å². The quantitative estimate of drug-likeness (QED) is 0.607. The second-order valence-corrected chi connectivity index (χ2v) is 8.20. The molecule has 0 aliphatic carbocycles. The Hall–Kier alpha value is -2.85. The molecule has 0 saturated carbocycles. The van der Waals surface area contributed by atoms with Crippen LogP contribution in [-0.4, -0.2) is 27.4 Å². The van der Waals surface area contributed by atoms with Crippen molar-refractivity contribution in [2.75, 3.05) is 6.54 Å². The number of benzene rings is 2. The third-order valence-corrected chi connectivity index (χ3v) is 6.05. The Balaban J connectivity index is 1.47. The van der Waals surface area contributed by atoms with Gasteiger partial charge in [-0.15, -0.1) is 0 Å². The highest BCUT2D eigenvalue weighted by atomic mass is 35.5. The minimum atomic E-state index is 0.0604. The lowest BCUT2D eigenvalue weighted by atomic mass is 9.95. The summed E-state index contributed by atoms with van der Waals surface area (Å²) in [6, 6.07) is 18.9. The third-order valence-electron chi connectivity index (χ3n) is 5.68. The largest absolute Gasteiger partial charge is 0.508 e. The monoisotopic (exact) mass is 420 g/mol. The van der Waals surface area contributed by atoms with E-state index in [0.29, 0.717) is 12.8 Å². The van der Waals surface area contributed by atoms with E-state index in [2.05, 4.69) is 11.1 Å². The standard InChI is InChI=1S/C25H25ClN2O2/c26-23-6-2-1-5-19(23)16-21-11-10-20(17-27-21)24-7-3-4-14-28(24)25(30)15-18-8-12-22(29)13-9-18/h1-2,5-6,8-13,17,24,29H,3-4,7,14-16H2/t24-/m1/s1. The van der Waals surface area contributed by atoms with Gasteiger partial charge in [0.15, 0.2) is 0 Å². The fraction of sp³-hybridized carbons (Fsp3) is 0.280. The molecule has 1 fully saturated rings. The Bertz CT molecular complexity index is 1000. The van der Waals surface area contributed by atoms with Gasteiger partial charge in [-0.2, -0.15) is 0 Å². The number of rotatable bonds is 5. The Morgan fingerprint density at radius 3 is 2.60 bits per heavy atom. The summed E-state index contributed by atoms with van der Waals surface area (Å²) in [5, 5.41) is 10.2. The summed E-state index contributed by atoms with van der Waals surface area (Å²) < 4.78 is 0. The zero-order valence-electron chi connectivity index (χ0n) is 16.8. The van der Waals surface area contributed by atoms with Crippen LogP contribution in [0.25, 0.3) is 0 Å². The van der Waals surface area contributed by atoms with E-state index in [-0.39, 0.29) is 17.7 Å². The lowest BCUT2D eigenvalue weighted by Gasteiger charge is -2.36. The van der Waals surface area contributed by atoms with Gasteiger partial charge in [-0.05, 0) is 60.2 Å². The van der Waals surface area contributed by atoms with E-state index in [1.807, 2.05) is 41.4 Å². The highest BCUT2D eigenvalue weighted by molar-refractivity contribution is 6.31. The van der Waals surface area contributed by atoms with Crippen LogP contribution in [0.3, 0.4) is 0 Å². The van der Waals surface area contributed by atoms with Gasteiger partial charge in [0.1, 0.15) is 5.75 Å². The maximum absolute atomic E-state index is 13.0. The summed E-state index contributed by atoms with van der Waals surface area (Å²) in [6.07, 6.45) is 6.02.